The van der Waals surface area contributed by atoms with Gasteiger partial charge in [-0.3, -0.25) is 9.59 Å². The van der Waals surface area contributed by atoms with Gasteiger partial charge in [0, 0.05) is 0 Å². The van der Waals surface area contributed by atoms with Crippen LogP contribution in [-0.2, 0) is 14.4 Å². The molecule has 0 radical (unpaired) electrons. The van der Waals surface area contributed by atoms with Crippen LogP contribution in [0.1, 0.15) is 38.5 Å². The van der Waals surface area contributed by atoms with E-state index in [1.165, 1.54) is 0 Å². The van der Waals surface area contributed by atoms with Crippen molar-refractivity contribution in [2.24, 2.45) is 11.5 Å². The molecule has 1 aliphatic rings. The number of carboxylic acids is 1. The molecule has 1 unspecified atom stereocenters. The minimum atomic E-state index is -1.31. The molecule has 1 fully saturated rings. The van der Waals surface area contributed by atoms with Gasteiger partial charge in [-0.1, -0.05) is 19.3 Å². The Hall–Kier alpha value is -1.63. The SMILES string of the molecule is NC(=O)CC(NC(=O)C1(N)CCCCC1)C(=O)O. The lowest BCUT2D eigenvalue weighted by atomic mass is 9.81. The summed E-state index contributed by atoms with van der Waals surface area (Å²) in [7, 11) is 0. The average Bonchev–Trinajstić information content (AvgIpc) is 2.28. The standard InChI is InChI=1S/C11H19N3O4/c12-8(15)6-7(9(16)17)14-10(18)11(13)4-2-1-3-5-11/h7H,1-6,13H2,(H2,12,15)(H,14,18)(H,16,17). The fourth-order valence-corrected chi connectivity index (χ4v) is 2.11. The molecule has 0 heterocycles. The van der Waals surface area contributed by atoms with Crippen molar-refractivity contribution in [2.45, 2.75) is 50.1 Å². The summed E-state index contributed by atoms with van der Waals surface area (Å²) >= 11 is 0. The number of nitrogens with one attached hydrogen (secondary N) is 1. The lowest BCUT2D eigenvalue weighted by molar-refractivity contribution is -0.144. The Morgan fingerprint density at radius 3 is 2.22 bits per heavy atom. The van der Waals surface area contributed by atoms with E-state index >= 15 is 0 Å². The number of primary amides is 1. The maximum absolute atomic E-state index is 12.0. The molecule has 7 heteroatoms. The van der Waals surface area contributed by atoms with E-state index in [0.717, 1.165) is 19.3 Å². The van der Waals surface area contributed by atoms with Crippen LogP contribution in [0.4, 0.5) is 0 Å². The van der Waals surface area contributed by atoms with Crippen molar-refractivity contribution in [3.05, 3.63) is 0 Å². The predicted molar refractivity (Wildman–Crippen MR) is 63.4 cm³/mol. The van der Waals surface area contributed by atoms with Gasteiger partial charge in [-0.05, 0) is 12.8 Å². The first-order valence-corrected chi connectivity index (χ1v) is 5.96. The van der Waals surface area contributed by atoms with Gasteiger partial charge in [-0.25, -0.2) is 4.79 Å². The largest absolute Gasteiger partial charge is 0.480 e. The Kier molecular flexibility index (Phi) is 4.66. The predicted octanol–water partition coefficient (Wildman–Crippen LogP) is -0.907. The Labute approximate surface area is 105 Å². The highest BCUT2D eigenvalue weighted by Gasteiger charge is 2.37. The molecule has 2 amide bonds. The number of carboxylic acid groups (broad SMARTS) is 1. The van der Waals surface area contributed by atoms with Crippen molar-refractivity contribution in [1.29, 1.82) is 0 Å². The highest BCUT2D eigenvalue weighted by atomic mass is 16.4. The number of hydrogen-bond acceptors (Lipinski definition) is 4. The summed E-state index contributed by atoms with van der Waals surface area (Å²) in [6, 6.07) is -1.31. The van der Waals surface area contributed by atoms with Gasteiger partial charge in [-0.15, -0.1) is 0 Å². The molecule has 102 valence electrons. The highest BCUT2D eigenvalue weighted by Crippen LogP contribution is 2.26. The summed E-state index contributed by atoms with van der Waals surface area (Å²) in [5, 5.41) is 11.2. The molecule has 7 nitrogen and oxygen atoms in total. The van der Waals surface area contributed by atoms with Crippen LogP contribution >= 0.6 is 0 Å². The van der Waals surface area contributed by atoms with Crippen molar-refractivity contribution >= 4 is 17.8 Å². The smallest absolute Gasteiger partial charge is 0.326 e. The summed E-state index contributed by atoms with van der Waals surface area (Å²) in [4.78, 5) is 33.6. The third kappa shape index (κ3) is 3.69. The number of aliphatic carboxylic acids is 1. The van der Waals surface area contributed by atoms with Crippen LogP contribution in [0.25, 0.3) is 0 Å². The molecular formula is C11H19N3O4. The number of nitrogens with two attached hydrogens (primary N) is 2. The maximum atomic E-state index is 12.0. The van der Waals surface area contributed by atoms with Crippen LogP contribution in [-0.4, -0.2) is 34.5 Å². The summed E-state index contributed by atoms with van der Waals surface area (Å²) in [6.45, 7) is 0. The molecule has 0 aromatic carbocycles. The van der Waals surface area contributed by atoms with Gasteiger partial charge >= 0.3 is 5.97 Å². The topological polar surface area (TPSA) is 136 Å². The Balaban J connectivity index is 2.65. The molecule has 0 saturated heterocycles. The normalized spacial score (nSPS) is 19.8. The first kappa shape index (κ1) is 14.4. The Morgan fingerprint density at radius 2 is 1.78 bits per heavy atom. The second-order valence-electron chi connectivity index (χ2n) is 4.75. The maximum Gasteiger partial charge on any atom is 0.326 e. The first-order chi connectivity index (χ1) is 8.35. The van der Waals surface area contributed by atoms with E-state index < -0.39 is 35.8 Å². The van der Waals surface area contributed by atoms with Gasteiger partial charge in [0.25, 0.3) is 0 Å². The molecule has 1 aliphatic carbocycles. The molecular weight excluding hydrogens is 238 g/mol. The van der Waals surface area contributed by atoms with Crippen LogP contribution in [0, 0.1) is 0 Å². The quantitative estimate of drug-likeness (QED) is 0.505. The lowest BCUT2D eigenvalue weighted by Crippen LogP contribution is -2.58. The average molecular weight is 257 g/mol. The van der Waals surface area contributed by atoms with E-state index in [2.05, 4.69) is 5.32 Å². The molecule has 1 atom stereocenters. The zero-order chi connectivity index (χ0) is 13.8. The summed E-state index contributed by atoms with van der Waals surface area (Å²) in [6.07, 6.45) is 3.34. The third-order valence-electron chi connectivity index (χ3n) is 3.21. The van der Waals surface area contributed by atoms with Crippen LogP contribution in [0.2, 0.25) is 0 Å². The molecule has 1 rings (SSSR count). The molecule has 18 heavy (non-hydrogen) atoms. The fraction of sp³-hybridized carbons (Fsp3) is 0.727. The number of hydrogen-bond donors (Lipinski definition) is 4. The number of amides is 2. The number of carbonyl (C=O) groups is 3. The minimum absolute atomic E-state index is 0.433. The van der Waals surface area contributed by atoms with Gasteiger partial charge in [0.05, 0.1) is 12.0 Å². The van der Waals surface area contributed by atoms with Crippen molar-refractivity contribution in [3.8, 4) is 0 Å². The van der Waals surface area contributed by atoms with Gasteiger partial charge in [0.2, 0.25) is 11.8 Å². The molecule has 6 N–H and O–H groups in total. The van der Waals surface area contributed by atoms with E-state index in [-0.39, 0.29) is 0 Å². The van der Waals surface area contributed by atoms with Crippen molar-refractivity contribution in [1.82, 2.24) is 5.32 Å². The van der Waals surface area contributed by atoms with Gasteiger partial charge in [0.15, 0.2) is 0 Å². The summed E-state index contributed by atoms with van der Waals surface area (Å²) < 4.78 is 0. The van der Waals surface area contributed by atoms with E-state index in [1.54, 1.807) is 0 Å². The van der Waals surface area contributed by atoms with E-state index in [1.807, 2.05) is 0 Å². The van der Waals surface area contributed by atoms with Gasteiger partial charge in [-0.2, -0.15) is 0 Å². The lowest BCUT2D eigenvalue weighted by Gasteiger charge is -2.32. The Bertz CT molecular complexity index is 350. The van der Waals surface area contributed by atoms with Crippen LogP contribution in [0.3, 0.4) is 0 Å². The molecule has 0 bridgehead atoms. The zero-order valence-corrected chi connectivity index (χ0v) is 10.1. The summed E-state index contributed by atoms with van der Waals surface area (Å²) in [5.74, 6) is -2.59. The number of carbonyl (C=O) groups excluding carboxylic acids is 2. The zero-order valence-electron chi connectivity index (χ0n) is 10.1. The van der Waals surface area contributed by atoms with Crippen LogP contribution in [0.15, 0.2) is 0 Å². The van der Waals surface area contributed by atoms with Crippen molar-refractivity contribution in [2.75, 3.05) is 0 Å². The van der Waals surface area contributed by atoms with E-state index in [4.69, 9.17) is 16.6 Å². The van der Waals surface area contributed by atoms with Crippen molar-refractivity contribution < 1.29 is 19.5 Å². The second kappa shape index (κ2) is 5.81. The monoisotopic (exact) mass is 257 g/mol. The van der Waals surface area contributed by atoms with Gasteiger partial charge < -0.3 is 21.9 Å². The van der Waals surface area contributed by atoms with E-state index in [9.17, 15) is 14.4 Å². The van der Waals surface area contributed by atoms with Gasteiger partial charge in [0.1, 0.15) is 6.04 Å². The van der Waals surface area contributed by atoms with E-state index in [0.29, 0.717) is 12.8 Å². The third-order valence-corrected chi connectivity index (χ3v) is 3.21. The molecule has 0 spiro atoms. The van der Waals surface area contributed by atoms with Crippen molar-refractivity contribution in [3.63, 3.8) is 0 Å². The summed E-state index contributed by atoms with van der Waals surface area (Å²) in [5.41, 5.74) is 9.87. The van der Waals surface area contributed by atoms with Crippen LogP contribution in [0.5, 0.6) is 0 Å². The molecule has 0 aromatic heterocycles. The highest BCUT2D eigenvalue weighted by molar-refractivity contribution is 5.92. The molecule has 0 aliphatic heterocycles. The second-order valence-corrected chi connectivity index (χ2v) is 4.75. The molecule has 1 saturated carbocycles. The Morgan fingerprint density at radius 1 is 1.22 bits per heavy atom. The number of rotatable bonds is 5. The molecule has 0 aromatic rings. The first-order valence-electron chi connectivity index (χ1n) is 5.96. The van der Waals surface area contributed by atoms with Crippen LogP contribution < -0.4 is 16.8 Å². The fourth-order valence-electron chi connectivity index (χ4n) is 2.11. The minimum Gasteiger partial charge on any atom is -0.480 e.